The van der Waals surface area contributed by atoms with Crippen LogP contribution in [0.25, 0.3) is 0 Å². The molecule has 1 heterocycles. The minimum atomic E-state index is -3.72. The van der Waals surface area contributed by atoms with Gasteiger partial charge in [-0.05, 0) is 38.3 Å². The lowest BCUT2D eigenvalue weighted by Crippen LogP contribution is -2.42. The molecule has 1 fully saturated rings. The van der Waals surface area contributed by atoms with E-state index in [1.807, 2.05) is 0 Å². The van der Waals surface area contributed by atoms with Gasteiger partial charge in [-0.15, -0.1) is 0 Å². The molecule has 0 bridgehead atoms. The molecule has 2 rings (SSSR count). The maximum Gasteiger partial charge on any atom is 0.273 e. The van der Waals surface area contributed by atoms with Gasteiger partial charge in [0.25, 0.3) is 5.69 Å². The van der Waals surface area contributed by atoms with E-state index in [0.29, 0.717) is 37.1 Å². The van der Waals surface area contributed by atoms with Crippen molar-refractivity contribution in [3.05, 3.63) is 33.4 Å². The van der Waals surface area contributed by atoms with E-state index < -0.39 is 14.9 Å². The standard InChI is InChI=1S/C13H19N3O4S/c1-9-7-10(2)13(8-12(9)16(17)18)21(19,20)15-5-3-11(14)4-6-15/h7-8,11H,3-6,14H2,1-2H3. The van der Waals surface area contributed by atoms with Crippen LogP contribution in [0.4, 0.5) is 5.69 Å². The largest absolute Gasteiger partial charge is 0.328 e. The molecule has 0 aromatic heterocycles. The fourth-order valence-corrected chi connectivity index (χ4v) is 4.25. The Kier molecular flexibility index (Phi) is 4.31. The summed E-state index contributed by atoms with van der Waals surface area (Å²) < 4.78 is 26.7. The molecular formula is C13H19N3O4S. The third-order valence-electron chi connectivity index (χ3n) is 3.81. The van der Waals surface area contributed by atoms with E-state index >= 15 is 0 Å². The molecular weight excluding hydrogens is 294 g/mol. The summed E-state index contributed by atoms with van der Waals surface area (Å²) in [6.45, 7) is 3.95. The smallest absolute Gasteiger partial charge is 0.273 e. The Bertz CT molecular complexity index is 664. The van der Waals surface area contributed by atoms with Crippen molar-refractivity contribution in [2.24, 2.45) is 5.73 Å². The molecule has 1 aromatic rings. The molecule has 1 saturated heterocycles. The summed E-state index contributed by atoms with van der Waals surface area (Å²) in [5, 5.41) is 11.0. The molecule has 8 heteroatoms. The first-order valence-electron chi connectivity index (χ1n) is 6.75. The zero-order valence-electron chi connectivity index (χ0n) is 12.1. The van der Waals surface area contributed by atoms with Gasteiger partial charge in [0.05, 0.1) is 9.82 Å². The van der Waals surface area contributed by atoms with Crippen LogP contribution in [0.3, 0.4) is 0 Å². The van der Waals surface area contributed by atoms with Crippen molar-refractivity contribution in [3.8, 4) is 0 Å². The minimum Gasteiger partial charge on any atom is -0.328 e. The minimum absolute atomic E-state index is 0.00951. The average Bonchev–Trinajstić information content (AvgIpc) is 2.38. The number of benzene rings is 1. The molecule has 7 nitrogen and oxygen atoms in total. The Hall–Kier alpha value is -1.51. The van der Waals surface area contributed by atoms with E-state index in [0.717, 1.165) is 6.07 Å². The average molecular weight is 313 g/mol. The number of nitro groups is 1. The molecule has 0 aliphatic carbocycles. The molecule has 2 N–H and O–H groups in total. The predicted molar refractivity (Wildman–Crippen MR) is 78.5 cm³/mol. The van der Waals surface area contributed by atoms with Gasteiger partial charge in [-0.3, -0.25) is 10.1 Å². The monoisotopic (exact) mass is 313 g/mol. The first-order valence-corrected chi connectivity index (χ1v) is 8.19. The van der Waals surface area contributed by atoms with Gasteiger partial charge in [0.1, 0.15) is 0 Å². The van der Waals surface area contributed by atoms with Gasteiger partial charge < -0.3 is 5.73 Å². The van der Waals surface area contributed by atoms with Crippen molar-refractivity contribution >= 4 is 15.7 Å². The van der Waals surface area contributed by atoms with Gasteiger partial charge in [-0.1, -0.05) is 0 Å². The molecule has 0 saturated carbocycles. The lowest BCUT2D eigenvalue weighted by atomic mass is 10.1. The Morgan fingerprint density at radius 2 is 1.81 bits per heavy atom. The number of nitro benzene ring substituents is 1. The van der Waals surface area contributed by atoms with Crippen LogP contribution >= 0.6 is 0 Å². The molecule has 0 atom stereocenters. The fourth-order valence-electron chi connectivity index (χ4n) is 2.55. The van der Waals surface area contributed by atoms with Gasteiger partial charge in [0.15, 0.2) is 0 Å². The Morgan fingerprint density at radius 1 is 1.24 bits per heavy atom. The van der Waals surface area contributed by atoms with E-state index in [4.69, 9.17) is 5.73 Å². The highest BCUT2D eigenvalue weighted by Gasteiger charge is 2.31. The molecule has 21 heavy (non-hydrogen) atoms. The molecule has 0 unspecified atom stereocenters. The second-order valence-corrected chi connectivity index (χ2v) is 7.31. The van der Waals surface area contributed by atoms with Crippen LogP contribution in [-0.2, 0) is 10.0 Å². The number of piperidine rings is 1. The summed E-state index contributed by atoms with van der Waals surface area (Å²) in [6.07, 6.45) is 1.21. The molecule has 1 aliphatic heterocycles. The van der Waals surface area contributed by atoms with Crippen LogP contribution in [0.1, 0.15) is 24.0 Å². The van der Waals surface area contributed by atoms with E-state index in [2.05, 4.69) is 0 Å². The van der Waals surface area contributed by atoms with Crippen molar-refractivity contribution in [1.82, 2.24) is 4.31 Å². The van der Waals surface area contributed by atoms with Gasteiger partial charge >= 0.3 is 0 Å². The maximum absolute atomic E-state index is 12.7. The van der Waals surface area contributed by atoms with Crippen LogP contribution < -0.4 is 5.73 Å². The first kappa shape index (κ1) is 15.9. The number of nitrogens with two attached hydrogens (primary N) is 1. The molecule has 1 aromatic carbocycles. The van der Waals surface area contributed by atoms with E-state index in [9.17, 15) is 18.5 Å². The molecule has 1 aliphatic rings. The van der Waals surface area contributed by atoms with E-state index in [-0.39, 0.29) is 16.6 Å². The normalized spacial score (nSPS) is 17.9. The third kappa shape index (κ3) is 3.07. The molecule has 116 valence electrons. The number of rotatable bonds is 3. The van der Waals surface area contributed by atoms with Crippen molar-refractivity contribution in [2.45, 2.75) is 37.6 Å². The van der Waals surface area contributed by atoms with E-state index in [1.165, 1.54) is 4.31 Å². The van der Waals surface area contributed by atoms with Crippen molar-refractivity contribution in [3.63, 3.8) is 0 Å². The summed E-state index contributed by atoms with van der Waals surface area (Å²) in [5.74, 6) is 0. The quantitative estimate of drug-likeness (QED) is 0.669. The Morgan fingerprint density at radius 3 is 2.33 bits per heavy atom. The van der Waals surface area contributed by atoms with Gasteiger partial charge in [-0.2, -0.15) is 4.31 Å². The second-order valence-electron chi connectivity index (χ2n) is 5.40. The van der Waals surface area contributed by atoms with Crippen molar-refractivity contribution in [2.75, 3.05) is 13.1 Å². The summed E-state index contributed by atoms with van der Waals surface area (Å²) in [7, 11) is -3.72. The predicted octanol–water partition coefficient (Wildman–Crippen LogP) is 1.32. The van der Waals surface area contributed by atoms with Crippen LogP contribution in [0, 0.1) is 24.0 Å². The Labute approximate surface area is 123 Å². The molecule has 0 spiro atoms. The van der Waals surface area contributed by atoms with Crippen LogP contribution in [0.15, 0.2) is 17.0 Å². The summed E-state index contributed by atoms with van der Waals surface area (Å²) in [6, 6.07) is 2.72. The number of sulfonamides is 1. The maximum atomic E-state index is 12.7. The summed E-state index contributed by atoms with van der Waals surface area (Å²) in [4.78, 5) is 10.5. The number of hydrogen-bond acceptors (Lipinski definition) is 5. The Balaban J connectivity index is 2.45. The highest BCUT2D eigenvalue weighted by atomic mass is 32.2. The number of aryl methyl sites for hydroxylation is 2. The number of nitrogens with zero attached hydrogens (tertiary/aromatic N) is 2. The zero-order valence-corrected chi connectivity index (χ0v) is 12.9. The zero-order chi connectivity index (χ0) is 15.8. The highest BCUT2D eigenvalue weighted by Crippen LogP contribution is 2.29. The van der Waals surface area contributed by atoms with Crippen LogP contribution in [-0.4, -0.2) is 36.8 Å². The van der Waals surface area contributed by atoms with Gasteiger partial charge in [0.2, 0.25) is 10.0 Å². The topological polar surface area (TPSA) is 107 Å². The third-order valence-corrected chi connectivity index (χ3v) is 5.85. The van der Waals surface area contributed by atoms with Crippen LogP contribution in [0.2, 0.25) is 0 Å². The van der Waals surface area contributed by atoms with Gasteiger partial charge in [-0.25, -0.2) is 8.42 Å². The fraction of sp³-hybridized carbons (Fsp3) is 0.538. The summed E-state index contributed by atoms with van der Waals surface area (Å²) >= 11 is 0. The lowest BCUT2D eigenvalue weighted by molar-refractivity contribution is -0.385. The lowest BCUT2D eigenvalue weighted by Gasteiger charge is -2.29. The second kappa shape index (κ2) is 5.70. The molecule has 0 amide bonds. The van der Waals surface area contributed by atoms with Crippen molar-refractivity contribution in [1.29, 1.82) is 0 Å². The summed E-state index contributed by atoms with van der Waals surface area (Å²) in [5.41, 5.74) is 6.59. The molecule has 0 radical (unpaired) electrons. The first-order chi connectivity index (χ1) is 9.73. The van der Waals surface area contributed by atoms with Crippen molar-refractivity contribution < 1.29 is 13.3 Å². The SMILES string of the molecule is Cc1cc(C)c(S(=O)(=O)N2CCC(N)CC2)cc1[N+](=O)[O-]. The van der Waals surface area contributed by atoms with E-state index in [1.54, 1.807) is 19.9 Å². The van der Waals surface area contributed by atoms with Crippen LogP contribution in [0.5, 0.6) is 0 Å². The number of hydrogen-bond donors (Lipinski definition) is 1. The highest BCUT2D eigenvalue weighted by molar-refractivity contribution is 7.89. The van der Waals surface area contributed by atoms with Gasteiger partial charge in [0, 0.05) is 30.8 Å².